The van der Waals surface area contributed by atoms with Gasteiger partial charge < -0.3 is 5.32 Å². The predicted molar refractivity (Wildman–Crippen MR) is 103 cm³/mol. The number of anilines is 2. The Morgan fingerprint density at radius 1 is 1.04 bits per heavy atom. The number of aromatic nitrogens is 2. The molecule has 0 spiro atoms. The Morgan fingerprint density at radius 3 is 2.56 bits per heavy atom. The normalized spacial score (nSPS) is 16.1. The number of nitrogens with one attached hydrogen (secondary N) is 1. The maximum Gasteiger partial charge on any atom is 0.227 e. The number of Topliss-reactive ketones (excluding diaryl/α,β-unsaturated/α-hetero) is 1. The van der Waals surface area contributed by atoms with Gasteiger partial charge in [0.2, 0.25) is 5.95 Å². The zero-order valence-corrected chi connectivity index (χ0v) is 15.3. The van der Waals surface area contributed by atoms with Crippen LogP contribution in [0, 0.1) is 19.7 Å². The number of benzene rings is 2. The van der Waals surface area contributed by atoms with E-state index in [4.69, 9.17) is 0 Å². The zero-order chi connectivity index (χ0) is 19.0. The van der Waals surface area contributed by atoms with Crippen LogP contribution in [0.2, 0.25) is 0 Å². The first-order valence-corrected chi connectivity index (χ1v) is 8.99. The first-order valence-electron chi connectivity index (χ1n) is 8.99. The number of fused-ring (bicyclic) bond motifs is 1. The van der Waals surface area contributed by atoms with Gasteiger partial charge in [-0.3, -0.25) is 4.79 Å². The number of rotatable bonds is 3. The zero-order valence-electron chi connectivity index (χ0n) is 15.3. The smallest absolute Gasteiger partial charge is 0.227 e. The topological polar surface area (TPSA) is 54.9 Å². The van der Waals surface area contributed by atoms with Gasteiger partial charge in [-0.25, -0.2) is 14.4 Å². The maximum absolute atomic E-state index is 13.2. The van der Waals surface area contributed by atoms with Gasteiger partial charge in [-0.15, -0.1) is 0 Å². The third-order valence-electron chi connectivity index (χ3n) is 4.93. The molecule has 2 aromatic carbocycles. The minimum Gasteiger partial charge on any atom is -0.324 e. The third kappa shape index (κ3) is 3.58. The molecule has 0 aliphatic heterocycles. The Labute approximate surface area is 157 Å². The quantitative estimate of drug-likeness (QED) is 0.722. The molecule has 5 heteroatoms. The van der Waals surface area contributed by atoms with E-state index in [9.17, 15) is 9.18 Å². The molecule has 0 fully saturated rings. The van der Waals surface area contributed by atoms with Gasteiger partial charge in [0.1, 0.15) is 5.82 Å². The lowest BCUT2D eigenvalue weighted by atomic mass is 9.81. The summed E-state index contributed by atoms with van der Waals surface area (Å²) in [5.74, 6) is 0.269. The van der Waals surface area contributed by atoms with Gasteiger partial charge in [-0.05, 0) is 61.6 Å². The second-order valence-electron chi connectivity index (χ2n) is 7.03. The van der Waals surface area contributed by atoms with Crippen LogP contribution in [0.25, 0.3) is 0 Å². The fourth-order valence-corrected chi connectivity index (χ4v) is 3.65. The molecule has 4 nitrogen and oxygen atoms in total. The van der Waals surface area contributed by atoms with E-state index in [1.54, 1.807) is 12.1 Å². The lowest BCUT2D eigenvalue weighted by molar-refractivity contribution is 0.0962. The summed E-state index contributed by atoms with van der Waals surface area (Å²) in [7, 11) is 0. The van der Waals surface area contributed by atoms with Gasteiger partial charge in [-0.1, -0.05) is 24.3 Å². The summed E-state index contributed by atoms with van der Waals surface area (Å²) in [5.41, 5.74) is 5.08. The minimum absolute atomic E-state index is 0.00622. The van der Waals surface area contributed by atoms with Crippen molar-refractivity contribution in [1.29, 1.82) is 0 Å². The molecule has 1 aliphatic rings. The van der Waals surface area contributed by atoms with Crippen LogP contribution in [-0.2, 0) is 6.42 Å². The van der Waals surface area contributed by atoms with E-state index in [1.165, 1.54) is 12.1 Å². The molecular formula is C22H20FN3O. The summed E-state index contributed by atoms with van der Waals surface area (Å²) in [6.45, 7) is 3.87. The van der Waals surface area contributed by atoms with Gasteiger partial charge in [0.25, 0.3) is 0 Å². The van der Waals surface area contributed by atoms with E-state index in [0.717, 1.165) is 22.5 Å². The molecule has 0 amide bonds. The summed E-state index contributed by atoms with van der Waals surface area (Å²) >= 11 is 0. The molecule has 0 bridgehead atoms. The van der Waals surface area contributed by atoms with Crippen LogP contribution in [0.3, 0.4) is 0 Å². The average Bonchev–Trinajstić information content (AvgIpc) is 2.61. The fourth-order valence-electron chi connectivity index (χ4n) is 3.65. The van der Waals surface area contributed by atoms with Crippen molar-refractivity contribution < 1.29 is 9.18 Å². The minimum atomic E-state index is -0.274. The molecule has 0 saturated carbocycles. The van der Waals surface area contributed by atoms with Gasteiger partial charge in [0.05, 0.1) is 17.0 Å². The van der Waals surface area contributed by atoms with Crippen molar-refractivity contribution in [3.05, 3.63) is 82.4 Å². The first-order chi connectivity index (χ1) is 13.0. The van der Waals surface area contributed by atoms with E-state index in [-0.39, 0.29) is 17.5 Å². The van der Waals surface area contributed by atoms with Crippen molar-refractivity contribution in [2.24, 2.45) is 0 Å². The molecule has 1 heterocycles. The van der Waals surface area contributed by atoms with E-state index >= 15 is 0 Å². The lowest BCUT2D eigenvalue weighted by Crippen LogP contribution is -2.22. The van der Waals surface area contributed by atoms with Crippen molar-refractivity contribution in [3.63, 3.8) is 0 Å². The number of carbonyl (C=O) groups excluding carboxylic acids is 1. The maximum atomic E-state index is 13.2. The number of carbonyl (C=O) groups is 1. The standard InChI is InChI=1S/C22H20FN3O/c1-13-4-3-5-18(10-13)25-22-24-14(2)21-19(26-22)11-16(12-20(21)27)15-6-8-17(23)9-7-15/h3-10,16H,11-12H2,1-2H3,(H,24,25,26)/t16-/m0/s1. The molecule has 1 aromatic heterocycles. The Kier molecular flexibility index (Phi) is 4.44. The van der Waals surface area contributed by atoms with Crippen molar-refractivity contribution in [2.45, 2.75) is 32.6 Å². The highest BCUT2D eigenvalue weighted by atomic mass is 19.1. The first kappa shape index (κ1) is 17.3. The molecule has 3 aromatic rings. The molecule has 1 aliphatic carbocycles. The van der Waals surface area contributed by atoms with Crippen LogP contribution in [0.15, 0.2) is 48.5 Å². The van der Waals surface area contributed by atoms with Crippen LogP contribution in [0.1, 0.15) is 45.2 Å². The van der Waals surface area contributed by atoms with Gasteiger partial charge in [0, 0.05) is 12.1 Å². The average molecular weight is 361 g/mol. The largest absolute Gasteiger partial charge is 0.324 e. The van der Waals surface area contributed by atoms with Crippen LogP contribution < -0.4 is 5.32 Å². The summed E-state index contributed by atoms with van der Waals surface area (Å²) < 4.78 is 13.2. The Balaban J connectivity index is 1.66. The van der Waals surface area contributed by atoms with E-state index in [2.05, 4.69) is 15.3 Å². The highest BCUT2D eigenvalue weighted by Gasteiger charge is 2.29. The van der Waals surface area contributed by atoms with Gasteiger partial charge in [-0.2, -0.15) is 0 Å². The number of halogens is 1. The van der Waals surface area contributed by atoms with Gasteiger partial charge >= 0.3 is 0 Å². The van der Waals surface area contributed by atoms with Crippen LogP contribution in [0.4, 0.5) is 16.0 Å². The summed E-state index contributed by atoms with van der Waals surface area (Å²) in [4.78, 5) is 21.8. The van der Waals surface area contributed by atoms with Crippen LogP contribution >= 0.6 is 0 Å². The van der Waals surface area contributed by atoms with E-state index in [1.807, 2.05) is 38.1 Å². The fraction of sp³-hybridized carbons (Fsp3) is 0.227. The van der Waals surface area contributed by atoms with Crippen molar-refractivity contribution in [3.8, 4) is 0 Å². The van der Waals surface area contributed by atoms with E-state index in [0.29, 0.717) is 30.0 Å². The van der Waals surface area contributed by atoms with Crippen LogP contribution in [0.5, 0.6) is 0 Å². The Bertz CT molecular complexity index is 1010. The summed E-state index contributed by atoms with van der Waals surface area (Å²) in [6.07, 6.45) is 1.03. The molecule has 27 heavy (non-hydrogen) atoms. The molecule has 4 rings (SSSR count). The number of nitrogens with zero attached hydrogens (tertiary/aromatic N) is 2. The number of aryl methyl sites for hydroxylation is 2. The molecule has 0 radical (unpaired) electrons. The number of hydrogen-bond acceptors (Lipinski definition) is 4. The number of ketones is 1. The van der Waals surface area contributed by atoms with E-state index < -0.39 is 0 Å². The third-order valence-corrected chi connectivity index (χ3v) is 4.93. The second-order valence-corrected chi connectivity index (χ2v) is 7.03. The highest BCUT2D eigenvalue weighted by molar-refractivity contribution is 5.99. The predicted octanol–water partition coefficient (Wildman–Crippen LogP) is 4.89. The Hall–Kier alpha value is -3.08. The van der Waals surface area contributed by atoms with Crippen molar-refractivity contribution in [2.75, 3.05) is 5.32 Å². The Morgan fingerprint density at radius 2 is 1.81 bits per heavy atom. The molecule has 1 atom stereocenters. The van der Waals surface area contributed by atoms with Crippen molar-refractivity contribution >= 4 is 17.4 Å². The molecular weight excluding hydrogens is 341 g/mol. The van der Waals surface area contributed by atoms with Crippen LogP contribution in [-0.4, -0.2) is 15.8 Å². The monoisotopic (exact) mass is 361 g/mol. The summed E-state index contributed by atoms with van der Waals surface area (Å²) in [6, 6.07) is 14.3. The summed E-state index contributed by atoms with van der Waals surface area (Å²) in [5, 5.41) is 3.23. The number of hydrogen-bond donors (Lipinski definition) is 1. The molecule has 136 valence electrons. The highest BCUT2D eigenvalue weighted by Crippen LogP contribution is 2.33. The van der Waals surface area contributed by atoms with Gasteiger partial charge in [0.15, 0.2) is 5.78 Å². The lowest BCUT2D eigenvalue weighted by Gasteiger charge is -2.24. The molecule has 1 N–H and O–H groups in total. The molecule has 0 unspecified atom stereocenters. The SMILES string of the molecule is Cc1cccc(Nc2nc(C)c3c(n2)C[C@H](c2ccc(F)cc2)CC3=O)c1. The second kappa shape index (κ2) is 6.91. The molecule has 0 saturated heterocycles. The van der Waals surface area contributed by atoms with Crippen molar-refractivity contribution in [1.82, 2.24) is 9.97 Å².